The number of esters is 1. The first kappa shape index (κ1) is 9.33. The number of halogens is 2. The van der Waals surface area contributed by atoms with Crippen molar-refractivity contribution in [2.24, 2.45) is 0 Å². The highest BCUT2D eigenvalue weighted by Crippen LogP contribution is 2.12. The van der Waals surface area contributed by atoms with Crippen molar-refractivity contribution in [2.45, 2.75) is 19.5 Å². The van der Waals surface area contributed by atoms with Crippen molar-refractivity contribution < 1.29 is 18.3 Å². The van der Waals surface area contributed by atoms with Gasteiger partial charge in [-0.15, -0.1) is 0 Å². The Hall–Kier alpha value is -0.670. The van der Waals surface area contributed by atoms with Gasteiger partial charge in [-0.05, 0) is 13.8 Å². The highest BCUT2D eigenvalue weighted by atomic mass is 19.2. The molecule has 0 fully saturated rings. The molecular weight excluding hydrogens is 142 g/mol. The summed E-state index contributed by atoms with van der Waals surface area (Å²) in [5, 5.41) is 0. The van der Waals surface area contributed by atoms with Gasteiger partial charge in [-0.1, -0.05) is 0 Å². The van der Waals surface area contributed by atoms with Crippen molar-refractivity contribution in [1.82, 2.24) is 0 Å². The van der Waals surface area contributed by atoms with Crippen LogP contribution in [0.3, 0.4) is 0 Å². The Labute approximate surface area is 58.2 Å². The molecular formula is C6H10F2O2. The van der Waals surface area contributed by atoms with Crippen molar-refractivity contribution in [2.75, 3.05) is 13.3 Å². The van der Waals surface area contributed by atoms with Gasteiger partial charge in [-0.3, -0.25) is 0 Å². The average molecular weight is 152 g/mol. The molecule has 0 N–H and O–H groups in total. The van der Waals surface area contributed by atoms with Crippen molar-refractivity contribution in [3.05, 3.63) is 0 Å². The van der Waals surface area contributed by atoms with E-state index in [1.807, 2.05) is 0 Å². The predicted molar refractivity (Wildman–Crippen MR) is 32.1 cm³/mol. The van der Waals surface area contributed by atoms with Crippen molar-refractivity contribution >= 4 is 5.97 Å². The minimum atomic E-state index is -2.48. The normalized spacial score (nSPS) is 16.0. The van der Waals surface area contributed by atoms with Gasteiger partial charge < -0.3 is 4.74 Å². The molecule has 0 saturated heterocycles. The molecule has 0 saturated carbocycles. The number of hydrogen-bond donors (Lipinski definition) is 0. The second-order valence-corrected chi connectivity index (χ2v) is 2.05. The molecule has 0 aromatic carbocycles. The lowest BCUT2D eigenvalue weighted by atomic mass is 10.2. The summed E-state index contributed by atoms with van der Waals surface area (Å²) in [6.45, 7) is 1.11. The van der Waals surface area contributed by atoms with Crippen LogP contribution in [0.4, 0.5) is 8.78 Å². The maximum Gasteiger partial charge on any atom is 0.346 e. The molecule has 0 aliphatic carbocycles. The molecule has 0 aliphatic rings. The van der Waals surface area contributed by atoms with Gasteiger partial charge in [0.2, 0.25) is 5.67 Å². The van der Waals surface area contributed by atoms with Crippen LogP contribution in [0.15, 0.2) is 0 Å². The Balaban J connectivity index is 3.91. The van der Waals surface area contributed by atoms with Gasteiger partial charge >= 0.3 is 5.97 Å². The summed E-state index contributed by atoms with van der Waals surface area (Å²) in [4.78, 5) is 10.5. The van der Waals surface area contributed by atoms with Crippen LogP contribution in [-0.4, -0.2) is 24.9 Å². The van der Waals surface area contributed by atoms with E-state index in [4.69, 9.17) is 0 Å². The van der Waals surface area contributed by atoms with Crippen molar-refractivity contribution in [3.63, 3.8) is 0 Å². The quantitative estimate of drug-likeness (QED) is 0.569. The molecule has 0 aromatic heterocycles. The summed E-state index contributed by atoms with van der Waals surface area (Å²) in [5.74, 6) is -1.14. The van der Waals surface area contributed by atoms with Crippen LogP contribution in [0.25, 0.3) is 0 Å². The van der Waals surface area contributed by atoms with E-state index in [0.29, 0.717) is 0 Å². The number of ether oxygens (including phenoxy) is 1. The molecule has 2 nitrogen and oxygen atoms in total. The molecule has 1 unspecified atom stereocenters. The summed E-state index contributed by atoms with van der Waals surface area (Å²) in [6, 6.07) is 0. The zero-order valence-corrected chi connectivity index (χ0v) is 5.99. The Kier molecular flexibility index (Phi) is 3.25. The SMILES string of the molecule is CCOC(=O)C(C)(F)CF. The third-order valence-electron chi connectivity index (χ3n) is 0.952. The monoisotopic (exact) mass is 152 g/mol. The second kappa shape index (κ2) is 3.49. The molecule has 0 spiro atoms. The van der Waals surface area contributed by atoms with E-state index in [-0.39, 0.29) is 6.61 Å². The van der Waals surface area contributed by atoms with Crippen LogP contribution in [0, 0.1) is 0 Å². The highest BCUT2D eigenvalue weighted by molar-refractivity contribution is 5.78. The molecule has 1 atom stereocenters. The van der Waals surface area contributed by atoms with E-state index < -0.39 is 18.3 Å². The third kappa shape index (κ3) is 2.29. The van der Waals surface area contributed by atoms with Crippen LogP contribution in [0.1, 0.15) is 13.8 Å². The lowest BCUT2D eigenvalue weighted by Crippen LogP contribution is -2.34. The van der Waals surface area contributed by atoms with Gasteiger partial charge in [-0.2, -0.15) is 0 Å². The smallest absolute Gasteiger partial charge is 0.346 e. The van der Waals surface area contributed by atoms with Gasteiger partial charge in [0, 0.05) is 0 Å². The Morgan fingerprint density at radius 1 is 1.70 bits per heavy atom. The van der Waals surface area contributed by atoms with E-state index in [2.05, 4.69) is 4.74 Å². The topological polar surface area (TPSA) is 26.3 Å². The second-order valence-electron chi connectivity index (χ2n) is 2.05. The summed E-state index contributed by atoms with van der Waals surface area (Å²) in [7, 11) is 0. The van der Waals surface area contributed by atoms with Gasteiger partial charge in [0.05, 0.1) is 6.61 Å². The minimum Gasteiger partial charge on any atom is -0.464 e. The number of carbonyl (C=O) groups excluding carboxylic acids is 1. The molecule has 4 heteroatoms. The summed E-state index contributed by atoms with van der Waals surface area (Å²) in [6.07, 6.45) is 0. The first-order valence-electron chi connectivity index (χ1n) is 2.96. The van der Waals surface area contributed by atoms with Crippen LogP contribution in [0.2, 0.25) is 0 Å². The Morgan fingerprint density at radius 3 is 2.50 bits per heavy atom. The third-order valence-corrected chi connectivity index (χ3v) is 0.952. The maximum atomic E-state index is 12.6. The predicted octanol–water partition coefficient (Wildman–Crippen LogP) is 1.25. The summed E-state index contributed by atoms with van der Waals surface area (Å²) >= 11 is 0. The van der Waals surface area contributed by atoms with Crippen molar-refractivity contribution in [3.8, 4) is 0 Å². The van der Waals surface area contributed by atoms with Gasteiger partial charge in [0.25, 0.3) is 0 Å². The highest BCUT2D eigenvalue weighted by Gasteiger charge is 2.34. The first-order valence-corrected chi connectivity index (χ1v) is 2.96. The molecule has 0 heterocycles. The van der Waals surface area contributed by atoms with E-state index in [9.17, 15) is 13.6 Å². The number of alkyl halides is 2. The van der Waals surface area contributed by atoms with Crippen LogP contribution < -0.4 is 0 Å². The van der Waals surface area contributed by atoms with E-state index in [1.165, 1.54) is 6.92 Å². The average Bonchev–Trinajstić information content (AvgIpc) is 1.89. The molecule has 0 aromatic rings. The van der Waals surface area contributed by atoms with Gasteiger partial charge in [-0.25, -0.2) is 13.6 Å². The standard InChI is InChI=1S/C6H10F2O2/c1-3-10-5(9)6(2,8)4-7/h3-4H2,1-2H3. The van der Waals surface area contributed by atoms with Crippen LogP contribution >= 0.6 is 0 Å². The van der Waals surface area contributed by atoms with Gasteiger partial charge in [0.15, 0.2) is 0 Å². The van der Waals surface area contributed by atoms with E-state index in [1.54, 1.807) is 0 Å². The Morgan fingerprint density at radius 2 is 2.20 bits per heavy atom. The first-order chi connectivity index (χ1) is 4.54. The van der Waals surface area contributed by atoms with Crippen LogP contribution in [-0.2, 0) is 9.53 Å². The summed E-state index contributed by atoms with van der Waals surface area (Å²) in [5.41, 5.74) is -2.48. The zero-order chi connectivity index (χ0) is 8.20. The maximum absolute atomic E-state index is 12.6. The molecule has 0 aliphatic heterocycles. The molecule has 0 radical (unpaired) electrons. The van der Waals surface area contributed by atoms with Gasteiger partial charge in [0.1, 0.15) is 6.67 Å². The minimum absolute atomic E-state index is 0.0678. The largest absolute Gasteiger partial charge is 0.464 e. The summed E-state index contributed by atoms with van der Waals surface area (Å²) < 4.78 is 28.5. The molecule has 0 amide bonds. The molecule has 0 bridgehead atoms. The molecule has 60 valence electrons. The molecule has 10 heavy (non-hydrogen) atoms. The molecule has 0 rings (SSSR count). The van der Waals surface area contributed by atoms with E-state index >= 15 is 0 Å². The fourth-order valence-electron chi connectivity index (χ4n) is 0.336. The lowest BCUT2D eigenvalue weighted by Gasteiger charge is -2.12. The number of rotatable bonds is 3. The van der Waals surface area contributed by atoms with E-state index in [0.717, 1.165) is 6.92 Å². The van der Waals surface area contributed by atoms with Crippen molar-refractivity contribution in [1.29, 1.82) is 0 Å². The van der Waals surface area contributed by atoms with Crippen LogP contribution in [0.5, 0.6) is 0 Å². The fourth-order valence-corrected chi connectivity index (χ4v) is 0.336. The fraction of sp³-hybridized carbons (Fsp3) is 0.833. The zero-order valence-electron chi connectivity index (χ0n) is 5.99. The lowest BCUT2D eigenvalue weighted by molar-refractivity contribution is -0.157. The Bertz CT molecular complexity index is 123. The number of carbonyl (C=O) groups is 1. The number of hydrogen-bond acceptors (Lipinski definition) is 2.